The van der Waals surface area contributed by atoms with Crippen LogP contribution in [0.4, 0.5) is 15.3 Å². The molecule has 0 bridgehead atoms. The highest BCUT2D eigenvalue weighted by Crippen LogP contribution is 2.26. The normalized spacial score (nSPS) is 11.7. The molecule has 45 heavy (non-hydrogen) atoms. The third kappa shape index (κ3) is 14.1. The summed E-state index contributed by atoms with van der Waals surface area (Å²) in [6.07, 6.45) is -1.63. The van der Waals surface area contributed by atoms with E-state index in [0.717, 1.165) is 5.56 Å². The molecule has 0 saturated heterocycles. The minimum atomic E-state index is -0.957. The molecule has 0 spiro atoms. The van der Waals surface area contributed by atoms with E-state index in [-0.39, 0.29) is 35.3 Å². The van der Waals surface area contributed by atoms with Crippen molar-refractivity contribution >= 4 is 53.2 Å². The van der Waals surface area contributed by atoms with Crippen molar-refractivity contribution in [2.24, 2.45) is 4.99 Å². The summed E-state index contributed by atoms with van der Waals surface area (Å²) < 4.78 is 15.6. The number of guanidine groups is 1. The molecule has 1 atom stereocenters. The van der Waals surface area contributed by atoms with Gasteiger partial charge in [0.15, 0.2) is 0 Å². The van der Waals surface area contributed by atoms with Gasteiger partial charge in [0.05, 0.1) is 23.9 Å². The zero-order chi connectivity index (χ0) is 33.8. The van der Waals surface area contributed by atoms with Gasteiger partial charge in [-0.25, -0.2) is 19.4 Å². The van der Waals surface area contributed by atoms with Crippen LogP contribution in [0, 0.1) is 0 Å². The topological polar surface area (TPSA) is 174 Å². The molecule has 1 unspecified atom stereocenters. The summed E-state index contributed by atoms with van der Waals surface area (Å²) in [5.74, 6) is -2.25. The number of nitrogens with one attached hydrogen (secondary N) is 4. The second kappa shape index (κ2) is 16.4. The average molecular weight is 646 g/mol. The van der Waals surface area contributed by atoms with Crippen molar-refractivity contribution in [3.05, 3.63) is 64.7 Å². The monoisotopic (exact) mass is 645 g/mol. The minimum Gasteiger partial charge on any atom is -0.464 e. The summed E-state index contributed by atoms with van der Waals surface area (Å²) in [7, 11) is 0. The van der Waals surface area contributed by atoms with Crippen molar-refractivity contribution in [1.82, 2.24) is 21.3 Å². The van der Waals surface area contributed by atoms with Crippen molar-refractivity contribution in [3.8, 4) is 0 Å². The molecular weight excluding hydrogens is 606 g/mol. The quantitative estimate of drug-likeness (QED) is 0.134. The zero-order valence-corrected chi connectivity index (χ0v) is 27.2. The number of hydrogen-bond acceptors (Lipinski definition) is 9. The lowest BCUT2D eigenvalue weighted by Crippen LogP contribution is -2.47. The van der Waals surface area contributed by atoms with Crippen LogP contribution in [0.2, 0.25) is 5.02 Å². The van der Waals surface area contributed by atoms with E-state index in [1.807, 2.05) is 30.3 Å². The number of halogens is 1. The Hall–Kier alpha value is -4.65. The van der Waals surface area contributed by atoms with E-state index in [9.17, 15) is 24.0 Å². The minimum absolute atomic E-state index is 0.00104. The Morgan fingerprint density at radius 3 is 1.98 bits per heavy atom. The highest BCUT2D eigenvalue weighted by atomic mass is 35.5. The Bertz CT molecular complexity index is 1370. The van der Waals surface area contributed by atoms with Gasteiger partial charge in [-0.05, 0) is 72.2 Å². The lowest BCUT2D eigenvalue weighted by atomic mass is 10.1. The average Bonchev–Trinajstić information content (AvgIpc) is 2.91. The first-order valence-corrected chi connectivity index (χ1v) is 14.5. The molecule has 4 amide bonds. The van der Waals surface area contributed by atoms with Crippen molar-refractivity contribution in [2.45, 2.75) is 72.1 Å². The fourth-order valence-corrected chi connectivity index (χ4v) is 3.70. The second-order valence-corrected chi connectivity index (χ2v) is 12.0. The Morgan fingerprint density at radius 2 is 1.44 bits per heavy atom. The Balaban J connectivity index is 2.19. The smallest absolute Gasteiger partial charge is 0.414 e. The summed E-state index contributed by atoms with van der Waals surface area (Å²) in [5.41, 5.74) is -0.815. The fraction of sp³-hybridized carbons (Fsp3) is 0.419. The van der Waals surface area contributed by atoms with Crippen LogP contribution in [0.25, 0.3) is 0 Å². The number of aliphatic imine (C=N–C) groups is 1. The third-order valence-electron chi connectivity index (χ3n) is 5.28. The molecule has 2 aromatic rings. The van der Waals surface area contributed by atoms with E-state index in [1.54, 1.807) is 48.5 Å². The summed E-state index contributed by atoms with van der Waals surface area (Å²) in [6, 6.07) is 12.2. The lowest BCUT2D eigenvalue weighted by Gasteiger charge is -2.22. The highest BCUT2D eigenvalue weighted by Gasteiger charge is 2.24. The number of amides is 4. The number of alkyl carbamates (subject to hydrolysis) is 2. The van der Waals surface area contributed by atoms with Crippen LogP contribution in [0.3, 0.4) is 0 Å². The van der Waals surface area contributed by atoms with Crippen LogP contribution >= 0.6 is 11.6 Å². The van der Waals surface area contributed by atoms with E-state index < -0.39 is 53.8 Å². The molecule has 0 heterocycles. The van der Waals surface area contributed by atoms with Gasteiger partial charge in [0.25, 0.3) is 5.91 Å². The Morgan fingerprint density at radius 1 is 0.867 bits per heavy atom. The third-order valence-corrected chi connectivity index (χ3v) is 5.60. The van der Waals surface area contributed by atoms with E-state index in [1.165, 1.54) is 18.2 Å². The van der Waals surface area contributed by atoms with Gasteiger partial charge in [-0.15, -0.1) is 0 Å². The molecule has 0 fully saturated rings. The van der Waals surface area contributed by atoms with Crippen LogP contribution < -0.4 is 21.3 Å². The van der Waals surface area contributed by atoms with Crippen molar-refractivity contribution < 1.29 is 38.2 Å². The van der Waals surface area contributed by atoms with Gasteiger partial charge in [-0.2, -0.15) is 0 Å². The largest absolute Gasteiger partial charge is 0.464 e. The van der Waals surface area contributed by atoms with Gasteiger partial charge >= 0.3 is 18.2 Å². The second-order valence-electron chi connectivity index (χ2n) is 11.6. The molecule has 2 rings (SSSR count). The van der Waals surface area contributed by atoms with E-state index in [4.69, 9.17) is 25.8 Å². The summed E-state index contributed by atoms with van der Waals surface area (Å²) in [6.45, 7) is 11.3. The molecule has 0 aliphatic heterocycles. The number of carbonyl (C=O) groups is 5. The maximum Gasteiger partial charge on any atom is 0.414 e. The number of nitrogens with zero attached hydrogens (tertiary/aromatic N) is 1. The molecule has 0 aliphatic carbocycles. The van der Waals surface area contributed by atoms with Crippen LogP contribution in [-0.4, -0.2) is 66.3 Å². The summed E-state index contributed by atoms with van der Waals surface area (Å²) >= 11 is 6.30. The molecule has 0 aliphatic rings. The summed E-state index contributed by atoms with van der Waals surface area (Å²) in [5, 5.41) is 9.83. The zero-order valence-electron chi connectivity index (χ0n) is 26.4. The number of rotatable bonds is 9. The Labute approximate surface area is 267 Å². The molecule has 4 N–H and O–H groups in total. The molecule has 2 aromatic carbocycles. The van der Waals surface area contributed by atoms with Gasteiger partial charge in [-0.3, -0.25) is 20.2 Å². The molecule has 14 heteroatoms. The van der Waals surface area contributed by atoms with Gasteiger partial charge in [0, 0.05) is 12.0 Å². The van der Waals surface area contributed by atoms with E-state index in [0.29, 0.717) is 0 Å². The molecule has 13 nitrogen and oxygen atoms in total. The SMILES string of the molecule is CCOC(=O)C(Cc1ccccc1)NC(=O)CNC(=O)c1ccc(Cl)c(N=C(NC(=O)OC(C)(C)C)NC(=O)OC(C)(C)C)c1. The van der Waals surface area contributed by atoms with E-state index >= 15 is 0 Å². The van der Waals surface area contributed by atoms with Crippen molar-refractivity contribution in [3.63, 3.8) is 0 Å². The molecule has 0 aromatic heterocycles. The standard InChI is InChI=1S/C31H40ClN5O8/c1-8-43-26(40)23(16-19-12-10-9-11-13-19)34-24(38)18-33-25(39)20-14-15-21(32)22(17-20)35-27(36-28(41)44-30(2,3)4)37-29(42)45-31(5,6)7/h9-15,17,23H,8,16,18H2,1-7H3,(H,33,39)(H,34,38)(H2,35,36,37,41,42). The maximum absolute atomic E-state index is 12.9. The van der Waals surface area contributed by atoms with E-state index in [2.05, 4.69) is 26.3 Å². The summed E-state index contributed by atoms with van der Waals surface area (Å²) in [4.78, 5) is 67.1. The van der Waals surface area contributed by atoms with Gasteiger partial charge in [0.1, 0.15) is 17.2 Å². The van der Waals surface area contributed by atoms with Crippen LogP contribution in [0.5, 0.6) is 0 Å². The predicted octanol–water partition coefficient (Wildman–Crippen LogP) is 4.40. The van der Waals surface area contributed by atoms with Crippen LogP contribution in [0.15, 0.2) is 53.5 Å². The predicted molar refractivity (Wildman–Crippen MR) is 168 cm³/mol. The van der Waals surface area contributed by atoms with Gasteiger partial charge < -0.3 is 24.8 Å². The molecular formula is C31H40ClN5O8. The maximum atomic E-state index is 12.9. The molecule has 244 valence electrons. The first kappa shape index (κ1) is 36.5. The van der Waals surface area contributed by atoms with Crippen LogP contribution in [-0.2, 0) is 30.2 Å². The number of hydrogen-bond donors (Lipinski definition) is 4. The number of benzene rings is 2. The number of esters is 1. The van der Waals surface area contributed by atoms with Crippen molar-refractivity contribution in [1.29, 1.82) is 0 Å². The van der Waals surface area contributed by atoms with Gasteiger partial charge in [0.2, 0.25) is 11.9 Å². The van der Waals surface area contributed by atoms with Crippen molar-refractivity contribution in [2.75, 3.05) is 13.2 Å². The Kier molecular flexibility index (Phi) is 13.3. The molecule has 0 radical (unpaired) electrons. The van der Waals surface area contributed by atoms with Gasteiger partial charge in [-0.1, -0.05) is 41.9 Å². The first-order chi connectivity index (χ1) is 21.0. The molecule has 0 saturated carbocycles. The highest BCUT2D eigenvalue weighted by molar-refractivity contribution is 6.33. The van der Waals surface area contributed by atoms with Crippen LogP contribution in [0.1, 0.15) is 64.4 Å². The fourth-order valence-electron chi connectivity index (χ4n) is 3.54. The number of ether oxygens (including phenoxy) is 3. The lowest BCUT2D eigenvalue weighted by molar-refractivity contribution is -0.147. The number of carbonyl (C=O) groups excluding carboxylic acids is 5. The first-order valence-electron chi connectivity index (χ1n) is 14.1.